The molecule has 6 nitrogen and oxygen atoms in total. The standard InChI is InChI=1S/C13H23N3O3S/c1-11-5-4-6-12(14)13(11)20(17,18)15-7-8-16(2)9-10-19-3/h4-6,15H,7-10,14H2,1-3H3. The highest BCUT2D eigenvalue weighted by Crippen LogP contribution is 2.21. The maximum atomic E-state index is 12.2. The smallest absolute Gasteiger partial charge is 0.242 e. The highest BCUT2D eigenvalue weighted by Gasteiger charge is 2.19. The number of nitrogens with two attached hydrogens (primary N) is 1. The molecule has 0 fully saturated rings. The second-order valence-electron chi connectivity index (χ2n) is 4.69. The first kappa shape index (κ1) is 16.9. The van der Waals surface area contributed by atoms with Gasteiger partial charge in [-0.1, -0.05) is 12.1 Å². The average molecular weight is 301 g/mol. The van der Waals surface area contributed by atoms with Crippen molar-refractivity contribution in [3.8, 4) is 0 Å². The predicted octanol–water partition coefficient (Wildman–Crippen LogP) is 0.434. The number of nitrogens with zero attached hydrogens (tertiary/aromatic N) is 1. The molecule has 0 atom stereocenters. The van der Waals surface area contributed by atoms with Gasteiger partial charge in [-0.3, -0.25) is 0 Å². The van der Waals surface area contributed by atoms with Crippen LogP contribution in [0.5, 0.6) is 0 Å². The molecule has 1 rings (SSSR count). The number of hydrogen-bond donors (Lipinski definition) is 2. The number of hydrogen-bond acceptors (Lipinski definition) is 5. The zero-order valence-electron chi connectivity index (χ0n) is 12.2. The van der Waals surface area contributed by atoms with Gasteiger partial charge in [0.2, 0.25) is 10.0 Å². The van der Waals surface area contributed by atoms with Crippen molar-refractivity contribution in [1.82, 2.24) is 9.62 Å². The van der Waals surface area contributed by atoms with Crippen molar-refractivity contribution < 1.29 is 13.2 Å². The molecule has 1 aromatic carbocycles. The Kier molecular flexibility index (Phi) is 6.41. The van der Waals surface area contributed by atoms with Gasteiger partial charge in [0.15, 0.2) is 0 Å². The Balaban J connectivity index is 2.63. The summed E-state index contributed by atoms with van der Waals surface area (Å²) in [5.41, 5.74) is 6.67. The Bertz CT molecular complexity index is 511. The van der Waals surface area contributed by atoms with Crippen LogP contribution in [0.25, 0.3) is 0 Å². The Morgan fingerprint density at radius 2 is 2.05 bits per heavy atom. The summed E-state index contributed by atoms with van der Waals surface area (Å²) in [6.07, 6.45) is 0. The maximum absolute atomic E-state index is 12.2. The van der Waals surface area contributed by atoms with E-state index in [4.69, 9.17) is 10.5 Å². The topological polar surface area (TPSA) is 84.7 Å². The van der Waals surface area contributed by atoms with E-state index in [0.717, 1.165) is 6.54 Å². The Morgan fingerprint density at radius 1 is 1.35 bits per heavy atom. The Morgan fingerprint density at radius 3 is 2.65 bits per heavy atom. The van der Waals surface area contributed by atoms with Crippen LogP contribution in [0.3, 0.4) is 0 Å². The van der Waals surface area contributed by atoms with Crippen molar-refractivity contribution in [2.75, 3.05) is 46.1 Å². The van der Waals surface area contributed by atoms with Gasteiger partial charge in [-0.05, 0) is 25.6 Å². The Labute approximate surface area is 121 Å². The fourth-order valence-electron chi connectivity index (χ4n) is 1.84. The number of likely N-dealkylation sites (N-methyl/N-ethyl adjacent to an activating group) is 1. The molecule has 0 aliphatic carbocycles. The van der Waals surface area contributed by atoms with Crippen LogP contribution in [-0.2, 0) is 14.8 Å². The normalized spacial score (nSPS) is 12.0. The van der Waals surface area contributed by atoms with Crippen molar-refractivity contribution in [1.29, 1.82) is 0 Å². The molecule has 0 heterocycles. The largest absolute Gasteiger partial charge is 0.398 e. The third-order valence-corrected chi connectivity index (χ3v) is 4.65. The predicted molar refractivity (Wildman–Crippen MR) is 80.2 cm³/mol. The van der Waals surface area contributed by atoms with Crippen LogP contribution in [0.15, 0.2) is 23.1 Å². The fourth-order valence-corrected chi connectivity index (χ4v) is 3.22. The van der Waals surface area contributed by atoms with Gasteiger partial charge in [-0.2, -0.15) is 0 Å². The molecule has 0 radical (unpaired) electrons. The van der Waals surface area contributed by atoms with Crippen LogP contribution >= 0.6 is 0 Å². The van der Waals surface area contributed by atoms with Gasteiger partial charge in [-0.25, -0.2) is 13.1 Å². The van der Waals surface area contributed by atoms with E-state index in [1.807, 2.05) is 11.9 Å². The van der Waals surface area contributed by atoms with Crippen LogP contribution < -0.4 is 10.5 Å². The molecule has 7 heteroatoms. The van der Waals surface area contributed by atoms with Gasteiger partial charge in [0.1, 0.15) is 4.90 Å². The van der Waals surface area contributed by atoms with E-state index in [9.17, 15) is 8.42 Å². The number of rotatable bonds is 8. The summed E-state index contributed by atoms with van der Waals surface area (Å²) in [6.45, 7) is 4.04. The lowest BCUT2D eigenvalue weighted by Gasteiger charge is -2.17. The molecule has 0 saturated carbocycles. The lowest BCUT2D eigenvalue weighted by molar-refractivity contribution is 0.162. The summed E-state index contributed by atoms with van der Waals surface area (Å²) in [4.78, 5) is 2.16. The van der Waals surface area contributed by atoms with E-state index >= 15 is 0 Å². The fraction of sp³-hybridized carbons (Fsp3) is 0.538. The lowest BCUT2D eigenvalue weighted by atomic mass is 10.2. The molecule has 0 aliphatic heterocycles. The van der Waals surface area contributed by atoms with E-state index in [2.05, 4.69) is 4.72 Å². The number of nitrogens with one attached hydrogen (secondary N) is 1. The minimum atomic E-state index is -3.57. The molecule has 0 aliphatic rings. The van der Waals surface area contributed by atoms with Crippen molar-refractivity contribution in [3.05, 3.63) is 23.8 Å². The van der Waals surface area contributed by atoms with E-state index in [0.29, 0.717) is 25.3 Å². The number of anilines is 1. The van der Waals surface area contributed by atoms with Gasteiger partial charge in [0, 0.05) is 26.7 Å². The van der Waals surface area contributed by atoms with Crippen molar-refractivity contribution in [2.45, 2.75) is 11.8 Å². The van der Waals surface area contributed by atoms with Gasteiger partial charge in [0.05, 0.1) is 12.3 Å². The minimum Gasteiger partial charge on any atom is -0.398 e. The molecule has 0 aromatic heterocycles. The van der Waals surface area contributed by atoms with E-state index in [-0.39, 0.29) is 10.6 Å². The summed E-state index contributed by atoms with van der Waals surface area (Å²) in [6, 6.07) is 5.06. The maximum Gasteiger partial charge on any atom is 0.242 e. The number of aryl methyl sites for hydroxylation is 1. The molecule has 1 aromatic rings. The lowest BCUT2D eigenvalue weighted by Crippen LogP contribution is -2.34. The van der Waals surface area contributed by atoms with Crippen molar-refractivity contribution in [2.24, 2.45) is 0 Å². The van der Waals surface area contributed by atoms with E-state index in [1.54, 1.807) is 32.2 Å². The number of sulfonamides is 1. The molecular formula is C13H23N3O3S. The molecule has 0 saturated heterocycles. The zero-order valence-corrected chi connectivity index (χ0v) is 13.0. The minimum absolute atomic E-state index is 0.166. The molecular weight excluding hydrogens is 278 g/mol. The van der Waals surface area contributed by atoms with E-state index < -0.39 is 10.0 Å². The summed E-state index contributed by atoms with van der Waals surface area (Å²) < 4.78 is 32.0. The second kappa shape index (κ2) is 7.58. The molecule has 3 N–H and O–H groups in total. The summed E-state index contributed by atoms with van der Waals surface area (Å²) >= 11 is 0. The van der Waals surface area contributed by atoms with Gasteiger partial charge in [-0.15, -0.1) is 0 Å². The first-order chi connectivity index (χ1) is 9.38. The average Bonchev–Trinajstić information content (AvgIpc) is 2.35. The first-order valence-corrected chi connectivity index (χ1v) is 7.89. The molecule has 20 heavy (non-hydrogen) atoms. The van der Waals surface area contributed by atoms with Gasteiger partial charge >= 0.3 is 0 Å². The van der Waals surface area contributed by atoms with Crippen LogP contribution in [0.4, 0.5) is 5.69 Å². The molecule has 0 unspecified atom stereocenters. The molecule has 0 bridgehead atoms. The number of nitrogen functional groups attached to an aromatic ring is 1. The highest BCUT2D eigenvalue weighted by molar-refractivity contribution is 7.89. The third kappa shape index (κ3) is 4.75. The molecule has 0 amide bonds. The van der Waals surface area contributed by atoms with Gasteiger partial charge < -0.3 is 15.4 Å². The highest BCUT2D eigenvalue weighted by atomic mass is 32.2. The van der Waals surface area contributed by atoms with E-state index in [1.165, 1.54) is 0 Å². The van der Waals surface area contributed by atoms with Crippen LogP contribution in [0, 0.1) is 6.92 Å². The third-order valence-electron chi connectivity index (χ3n) is 2.97. The number of ether oxygens (including phenoxy) is 1. The van der Waals surface area contributed by atoms with Crippen LogP contribution in [0.1, 0.15) is 5.56 Å². The second-order valence-corrected chi connectivity index (χ2v) is 6.39. The van der Waals surface area contributed by atoms with Crippen LogP contribution in [-0.4, -0.2) is 53.7 Å². The van der Waals surface area contributed by atoms with Crippen molar-refractivity contribution >= 4 is 15.7 Å². The Hall–Kier alpha value is -1.15. The SMILES string of the molecule is COCCN(C)CCNS(=O)(=O)c1c(C)cccc1N. The first-order valence-electron chi connectivity index (χ1n) is 6.40. The van der Waals surface area contributed by atoms with Crippen molar-refractivity contribution in [3.63, 3.8) is 0 Å². The zero-order chi connectivity index (χ0) is 15.2. The number of benzene rings is 1. The monoisotopic (exact) mass is 301 g/mol. The number of methoxy groups -OCH3 is 1. The van der Waals surface area contributed by atoms with Crippen LogP contribution in [0.2, 0.25) is 0 Å². The summed E-state index contributed by atoms with van der Waals surface area (Å²) in [5.74, 6) is 0. The van der Waals surface area contributed by atoms with Gasteiger partial charge in [0.25, 0.3) is 0 Å². The molecule has 0 spiro atoms. The molecule has 114 valence electrons. The quantitative estimate of drug-likeness (QED) is 0.680. The summed E-state index contributed by atoms with van der Waals surface area (Å²) in [5, 5.41) is 0. The summed E-state index contributed by atoms with van der Waals surface area (Å²) in [7, 11) is -0.0221.